The van der Waals surface area contributed by atoms with E-state index in [4.69, 9.17) is 0 Å². The molecule has 3 aromatic carbocycles. The molecule has 2 aromatic heterocycles. The van der Waals surface area contributed by atoms with Crippen molar-refractivity contribution in [2.75, 3.05) is 0 Å². The van der Waals surface area contributed by atoms with Crippen molar-refractivity contribution in [1.82, 2.24) is 9.97 Å². The van der Waals surface area contributed by atoms with Gasteiger partial charge < -0.3 is 0 Å². The lowest BCUT2D eigenvalue weighted by atomic mass is 9.99. The third-order valence-corrected chi connectivity index (χ3v) is 6.79. The van der Waals surface area contributed by atoms with Gasteiger partial charge in [-0.05, 0) is 103 Å². The minimum atomic E-state index is 0.728. The summed E-state index contributed by atoms with van der Waals surface area (Å²) in [5.74, 6) is 26.0. The molecule has 0 saturated carbocycles. The van der Waals surface area contributed by atoms with Gasteiger partial charge in [0.2, 0.25) is 0 Å². The van der Waals surface area contributed by atoms with E-state index in [2.05, 4.69) is 92.3 Å². The fourth-order valence-corrected chi connectivity index (χ4v) is 4.15. The maximum atomic E-state index is 4.02. The Bertz CT molecular complexity index is 1770. The van der Waals surface area contributed by atoms with Gasteiger partial charge in [0.1, 0.15) is 0 Å². The lowest BCUT2D eigenvalue weighted by Crippen LogP contribution is -1.92. The van der Waals surface area contributed by atoms with Gasteiger partial charge in [0.15, 0.2) is 0 Å². The topological polar surface area (TPSA) is 25.8 Å². The molecule has 5 rings (SSSR count). The number of hydrogen-bond donors (Lipinski definition) is 0. The Morgan fingerprint density at radius 1 is 0.463 bits per heavy atom. The molecule has 5 aromatic rings. The highest BCUT2D eigenvalue weighted by molar-refractivity contribution is 9.08. The first-order chi connectivity index (χ1) is 20.2. The molecule has 0 aliphatic carbocycles. The molecular formula is C38H23BrN2. The van der Waals surface area contributed by atoms with Crippen LogP contribution >= 0.6 is 15.9 Å². The Morgan fingerprint density at radius 2 is 0.756 bits per heavy atom. The van der Waals surface area contributed by atoms with Gasteiger partial charge in [-0.2, -0.15) is 0 Å². The van der Waals surface area contributed by atoms with Gasteiger partial charge in [0, 0.05) is 74.6 Å². The largest absolute Gasteiger partial charge is 0.265 e. The molecular weight excluding hydrogens is 564 g/mol. The summed E-state index contributed by atoms with van der Waals surface area (Å²) >= 11 is 3.59. The van der Waals surface area contributed by atoms with E-state index in [-0.39, 0.29) is 0 Å². The second kappa shape index (κ2) is 13.7. The molecule has 0 N–H and O–H groups in total. The molecule has 0 spiro atoms. The Labute approximate surface area is 250 Å². The normalized spacial score (nSPS) is 9.51. The second-order valence-electron chi connectivity index (χ2n) is 9.08. The first kappa shape index (κ1) is 27.3. The summed E-state index contributed by atoms with van der Waals surface area (Å²) in [6.07, 6.45) is 6.97. The quantitative estimate of drug-likeness (QED) is 0.152. The Kier molecular flexibility index (Phi) is 9.08. The third-order valence-electron chi connectivity index (χ3n) is 6.14. The van der Waals surface area contributed by atoms with Crippen LogP contribution < -0.4 is 0 Å². The zero-order valence-electron chi connectivity index (χ0n) is 22.4. The Morgan fingerprint density at radius 3 is 1.07 bits per heavy atom. The number of aromatic nitrogens is 2. The van der Waals surface area contributed by atoms with Gasteiger partial charge in [-0.25, -0.2) is 0 Å². The summed E-state index contributed by atoms with van der Waals surface area (Å²) < 4.78 is 0. The summed E-state index contributed by atoms with van der Waals surface area (Å²) in [5, 5.41) is 0.728. The molecule has 0 atom stereocenters. The van der Waals surface area contributed by atoms with Crippen LogP contribution in [0.25, 0.3) is 0 Å². The van der Waals surface area contributed by atoms with Crippen LogP contribution in [0.15, 0.2) is 110 Å². The van der Waals surface area contributed by atoms with Crippen LogP contribution in [0.2, 0.25) is 0 Å². The van der Waals surface area contributed by atoms with Crippen molar-refractivity contribution >= 4 is 15.9 Å². The van der Waals surface area contributed by atoms with Crippen LogP contribution in [-0.2, 0) is 5.33 Å². The van der Waals surface area contributed by atoms with E-state index in [1.165, 1.54) is 0 Å². The van der Waals surface area contributed by atoms with Crippen molar-refractivity contribution in [3.8, 4) is 47.4 Å². The van der Waals surface area contributed by atoms with Crippen LogP contribution in [0.4, 0.5) is 0 Å². The predicted octanol–water partition coefficient (Wildman–Crippen LogP) is 7.28. The van der Waals surface area contributed by atoms with E-state index in [1.807, 2.05) is 72.8 Å². The lowest BCUT2D eigenvalue weighted by Gasteiger charge is -2.06. The number of pyridine rings is 2. The summed E-state index contributed by atoms with van der Waals surface area (Å²) in [6.45, 7) is 2.07. The number of alkyl halides is 1. The van der Waals surface area contributed by atoms with E-state index in [0.717, 1.165) is 61.0 Å². The van der Waals surface area contributed by atoms with Crippen LogP contribution in [0.5, 0.6) is 0 Å². The zero-order chi connectivity index (χ0) is 28.3. The number of benzene rings is 3. The van der Waals surface area contributed by atoms with E-state index < -0.39 is 0 Å². The van der Waals surface area contributed by atoms with Gasteiger partial charge in [-0.3, -0.25) is 9.97 Å². The highest BCUT2D eigenvalue weighted by Crippen LogP contribution is 2.18. The molecule has 3 heteroatoms. The van der Waals surface area contributed by atoms with Crippen molar-refractivity contribution in [2.45, 2.75) is 12.3 Å². The maximum Gasteiger partial charge on any atom is 0.0293 e. The maximum absolute atomic E-state index is 4.02. The van der Waals surface area contributed by atoms with Gasteiger partial charge in [0.25, 0.3) is 0 Å². The van der Waals surface area contributed by atoms with Crippen LogP contribution in [0.1, 0.15) is 55.6 Å². The first-order valence-electron chi connectivity index (χ1n) is 12.9. The molecule has 41 heavy (non-hydrogen) atoms. The van der Waals surface area contributed by atoms with Gasteiger partial charge in [0.05, 0.1) is 0 Å². The monoisotopic (exact) mass is 586 g/mol. The standard InChI is InChI=1S/C38H23BrN2/c1-29-37(16-14-32-6-2-30(3-7-32)10-12-34-18-22-40-23-19-34)26-36(28-39)27-38(29)17-15-33-8-4-31(5-9-33)11-13-35-20-24-41-25-21-35/h2-9,18-27H,28H2,1H3. The molecule has 0 saturated heterocycles. The van der Waals surface area contributed by atoms with Crippen molar-refractivity contribution in [2.24, 2.45) is 0 Å². The summed E-state index contributed by atoms with van der Waals surface area (Å²) in [4.78, 5) is 8.04. The molecule has 0 radical (unpaired) electrons. The van der Waals surface area contributed by atoms with E-state index >= 15 is 0 Å². The molecule has 0 amide bonds. The van der Waals surface area contributed by atoms with Crippen molar-refractivity contribution < 1.29 is 0 Å². The van der Waals surface area contributed by atoms with Gasteiger partial charge in [-0.1, -0.05) is 63.3 Å². The van der Waals surface area contributed by atoms with E-state index in [1.54, 1.807) is 24.8 Å². The molecule has 0 aliphatic heterocycles. The number of nitrogens with zero attached hydrogens (tertiary/aromatic N) is 2. The van der Waals surface area contributed by atoms with E-state index in [0.29, 0.717) is 0 Å². The molecule has 0 unspecified atom stereocenters. The zero-order valence-corrected chi connectivity index (χ0v) is 24.0. The molecule has 0 aliphatic rings. The van der Waals surface area contributed by atoms with Gasteiger partial charge in [-0.15, -0.1) is 0 Å². The molecule has 2 heterocycles. The number of rotatable bonds is 1. The fourth-order valence-electron chi connectivity index (χ4n) is 3.82. The second-order valence-corrected chi connectivity index (χ2v) is 9.64. The van der Waals surface area contributed by atoms with Gasteiger partial charge >= 0.3 is 0 Å². The summed E-state index contributed by atoms with van der Waals surface area (Å²) in [5.41, 5.74) is 9.76. The number of hydrogen-bond acceptors (Lipinski definition) is 2. The predicted molar refractivity (Wildman–Crippen MR) is 169 cm³/mol. The summed E-state index contributed by atoms with van der Waals surface area (Å²) in [6, 6.07) is 27.8. The minimum Gasteiger partial charge on any atom is -0.265 e. The minimum absolute atomic E-state index is 0.728. The highest BCUT2D eigenvalue weighted by atomic mass is 79.9. The fraction of sp³-hybridized carbons (Fsp3) is 0.0526. The molecule has 0 fully saturated rings. The molecule has 0 bridgehead atoms. The van der Waals surface area contributed by atoms with E-state index in [9.17, 15) is 0 Å². The summed E-state index contributed by atoms with van der Waals surface area (Å²) in [7, 11) is 0. The Balaban J connectivity index is 1.33. The highest BCUT2D eigenvalue weighted by Gasteiger charge is 2.04. The number of halogens is 1. The third kappa shape index (κ3) is 7.85. The lowest BCUT2D eigenvalue weighted by molar-refractivity contribution is 1.32. The molecule has 192 valence electrons. The SMILES string of the molecule is Cc1c(C#Cc2ccc(C#Cc3ccncc3)cc2)cc(CBr)cc1C#Cc1ccc(C#Cc2ccncc2)cc1. The van der Waals surface area contributed by atoms with Crippen LogP contribution in [0.3, 0.4) is 0 Å². The smallest absolute Gasteiger partial charge is 0.0293 e. The van der Waals surface area contributed by atoms with Crippen molar-refractivity contribution in [1.29, 1.82) is 0 Å². The average Bonchev–Trinajstić information content (AvgIpc) is 3.03. The van der Waals surface area contributed by atoms with Crippen LogP contribution in [-0.4, -0.2) is 9.97 Å². The van der Waals surface area contributed by atoms with Crippen molar-refractivity contribution in [3.05, 3.63) is 165 Å². The Hall–Kier alpha value is -5.32. The molecule has 2 nitrogen and oxygen atoms in total. The van der Waals surface area contributed by atoms with Crippen LogP contribution in [0, 0.1) is 54.3 Å². The average molecular weight is 588 g/mol. The van der Waals surface area contributed by atoms with Crippen molar-refractivity contribution in [3.63, 3.8) is 0 Å². The first-order valence-corrected chi connectivity index (χ1v) is 14.1.